The molecule has 0 saturated carbocycles. The number of aryl methyl sites for hydroxylation is 2. The first kappa shape index (κ1) is 13.3. The summed E-state index contributed by atoms with van der Waals surface area (Å²) in [5.41, 5.74) is 9.64. The zero-order valence-corrected chi connectivity index (χ0v) is 12.3. The predicted octanol–water partition coefficient (Wildman–Crippen LogP) is 3.04. The van der Waals surface area contributed by atoms with Gasteiger partial charge in [0.2, 0.25) is 5.91 Å². The fraction of sp³-hybridized carbons (Fsp3) is 0.312. The maximum Gasteiger partial charge on any atom is 0.249 e. The second-order valence-corrected chi connectivity index (χ2v) is 6.20. The number of hydrogen-bond acceptors (Lipinski definition) is 3. The molecule has 1 amide bonds. The molecule has 1 aromatic carbocycles. The first-order chi connectivity index (χ1) is 9.66. The lowest BCUT2D eigenvalue weighted by Gasteiger charge is -2.31. The van der Waals surface area contributed by atoms with Gasteiger partial charge >= 0.3 is 0 Å². The highest BCUT2D eigenvalue weighted by molar-refractivity contribution is 7.10. The van der Waals surface area contributed by atoms with Gasteiger partial charge in [-0.15, -0.1) is 11.3 Å². The Labute approximate surface area is 123 Å². The van der Waals surface area contributed by atoms with Crippen molar-refractivity contribution in [2.45, 2.75) is 25.8 Å². The first-order valence-corrected chi connectivity index (χ1v) is 7.74. The molecule has 3 rings (SSSR count). The van der Waals surface area contributed by atoms with Gasteiger partial charge in [-0.1, -0.05) is 23.8 Å². The fourth-order valence-electron chi connectivity index (χ4n) is 2.71. The summed E-state index contributed by atoms with van der Waals surface area (Å²) in [4.78, 5) is 15.4. The third-order valence-electron chi connectivity index (χ3n) is 3.74. The van der Waals surface area contributed by atoms with Crippen molar-refractivity contribution in [3.63, 3.8) is 0 Å². The number of carbonyl (C=O) groups excluding carboxylic acids is 1. The predicted molar refractivity (Wildman–Crippen MR) is 83.1 cm³/mol. The van der Waals surface area contributed by atoms with E-state index in [0.717, 1.165) is 30.0 Å². The van der Waals surface area contributed by atoms with Gasteiger partial charge in [0, 0.05) is 17.1 Å². The van der Waals surface area contributed by atoms with E-state index in [4.69, 9.17) is 5.73 Å². The van der Waals surface area contributed by atoms with Crippen LogP contribution in [0.4, 0.5) is 5.69 Å². The van der Waals surface area contributed by atoms with Crippen LogP contribution in [0.25, 0.3) is 0 Å². The molecule has 1 aliphatic rings. The molecule has 0 bridgehead atoms. The summed E-state index contributed by atoms with van der Waals surface area (Å²) >= 11 is 1.53. The van der Waals surface area contributed by atoms with Gasteiger partial charge in [-0.2, -0.15) is 0 Å². The van der Waals surface area contributed by atoms with Gasteiger partial charge in [0.05, 0.1) is 0 Å². The summed E-state index contributed by atoms with van der Waals surface area (Å²) in [7, 11) is 0. The molecule has 20 heavy (non-hydrogen) atoms. The number of nitrogens with zero attached hydrogens (tertiary/aromatic N) is 1. The number of nitrogens with two attached hydrogens (primary N) is 1. The SMILES string of the molecule is Cc1ccc2c(c1)CCCN2C(=O)C(N)c1cccs1. The van der Waals surface area contributed by atoms with Crippen molar-refractivity contribution in [3.8, 4) is 0 Å². The zero-order valence-electron chi connectivity index (χ0n) is 11.5. The Kier molecular flexibility index (Phi) is 3.59. The highest BCUT2D eigenvalue weighted by atomic mass is 32.1. The summed E-state index contributed by atoms with van der Waals surface area (Å²) in [5, 5.41) is 1.95. The largest absolute Gasteiger partial charge is 0.316 e. The Balaban J connectivity index is 1.90. The van der Waals surface area contributed by atoms with Crippen LogP contribution in [0.15, 0.2) is 35.7 Å². The smallest absolute Gasteiger partial charge is 0.249 e. The number of rotatable bonds is 2. The standard InChI is InChI=1S/C16H18N2OS/c1-11-6-7-13-12(10-11)4-2-8-18(13)16(19)15(17)14-5-3-9-20-14/h3,5-7,9-10,15H,2,4,8,17H2,1H3. The molecular formula is C16H18N2OS. The molecule has 0 aliphatic carbocycles. The summed E-state index contributed by atoms with van der Waals surface area (Å²) in [6.45, 7) is 2.84. The quantitative estimate of drug-likeness (QED) is 0.922. The maximum atomic E-state index is 12.7. The molecule has 1 unspecified atom stereocenters. The van der Waals surface area contributed by atoms with E-state index in [0.29, 0.717) is 0 Å². The molecule has 0 saturated heterocycles. The second kappa shape index (κ2) is 5.38. The average Bonchev–Trinajstić information content (AvgIpc) is 2.99. The molecular weight excluding hydrogens is 268 g/mol. The number of anilines is 1. The molecule has 4 heteroatoms. The summed E-state index contributed by atoms with van der Waals surface area (Å²) < 4.78 is 0. The van der Waals surface area contributed by atoms with Crippen molar-refractivity contribution in [1.29, 1.82) is 0 Å². The molecule has 104 valence electrons. The average molecular weight is 286 g/mol. The van der Waals surface area contributed by atoms with Crippen molar-refractivity contribution in [2.75, 3.05) is 11.4 Å². The lowest BCUT2D eigenvalue weighted by atomic mass is 9.99. The van der Waals surface area contributed by atoms with E-state index in [2.05, 4.69) is 19.1 Å². The Morgan fingerprint density at radius 3 is 3.00 bits per heavy atom. The molecule has 2 aromatic rings. The molecule has 2 N–H and O–H groups in total. The van der Waals surface area contributed by atoms with Crippen molar-refractivity contribution in [3.05, 3.63) is 51.7 Å². The van der Waals surface area contributed by atoms with Crippen molar-refractivity contribution < 1.29 is 4.79 Å². The number of carbonyl (C=O) groups is 1. The Morgan fingerprint density at radius 1 is 1.40 bits per heavy atom. The summed E-state index contributed by atoms with van der Waals surface area (Å²) in [6, 6.07) is 9.57. The number of fused-ring (bicyclic) bond motifs is 1. The normalized spacial score (nSPS) is 15.8. The van der Waals surface area contributed by atoms with Gasteiger partial charge in [0.25, 0.3) is 0 Å². The monoisotopic (exact) mass is 286 g/mol. The van der Waals surface area contributed by atoms with Crippen molar-refractivity contribution >= 4 is 22.9 Å². The van der Waals surface area contributed by atoms with Crippen molar-refractivity contribution in [1.82, 2.24) is 0 Å². The molecule has 1 aliphatic heterocycles. The third-order valence-corrected chi connectivity index (χ3v) is 4.69. The van der Waals surface area contributed by atoms with Gasteiger partial charge in [-0.25, -0.2) is 0 Å². The van der Waals surface area contributed by atoms with Crippen LogP contribution < -0.4 is 10.6 Å². The minimum Gasteiger partial charge on any atom is -0.316 e. The van der Waals surface area contributed by atoms with Crippen LogP contribution >= 0.6 is 11.3 Å². The van der Waals surface area contributed by atoms with E-state index in [1.807, 2.05) is 28.5 Å². The number of thiophene rings is 1. The van der Waals surface area contributed by atoms with E-state index in [-0.39, 0.29) is 5.91 Å². The topological polar surface area (TPSA) is 46.3 Å². The lowest BCUT2D eigenvalue weighted by molar-refractivity contribution is -0.120. The summed E-state index contributed by atoms with van der Waals surface area (Å²) in [5.74, 6) is -0.00254. The fourth-order valence-corrected chi connectivity index (χ4v) is 3.43. The van der Waals surface area contributed by atoms with Crippen LogP contribution in [-0.4, -0.2) is 12.5 Å². The van der Waals surface area contributed by atoms with Crippen LogP contribution in [0.3, 0.4) is 0 Å². The minimum atomic E-state index is -0.553. The molecule has 1 atom stereocenters. The van der Waals surface area contributed by atoms with Crippen molar-refractivity contribution in [2.24, 2.45) is 5.73 Å². The van der Waals surface area contributed by atoms with E-state index in [1.54, 1.807) is 0 Å². The molecule has 3 nitrogen and oxygen atoms in total. The van der Waals surface area contributed by atoms with Crippen LogP contribution in [0.2, 0.25) is 0 Å². The number of benzene rings is 1. The molecule has 1 aromatic heterocycles. The Hall–Kier alpha value is -1.65. The minimum absolute atomic E-state index is 0.00254. The second-order valence-electron chi connectivity index (χ2n) is 5.22. The van der Waals surface area contributed by atoms with Gasteiger partial charge in [0.1, 0.15) is 6.04 Å². The zero-order chi connectivity index (χ0) is 14.1. The van der Waals surface area contributed by atoms with Crippen LogP contribution in [-0.2, 0) is 11.2 Å². The highest BCUT2D eigenvalue weighted by Crippen LogP contribution is 2.30. The van der Waals surface area contributed by atoms with Crippen LogP contribution in [0.5, 0.6) is 0 Å². The molecule has 0 spiro atoms. The molecule has 2 heterocycles. The summed E-state index contributed by atoms with van der Waals surface area (Å²) in [6.07, 6.45) is 2.04. The number of hydrogen-bond donors (Lipinski definition) is 1. The Morgan fingerprint density at radius 2 is 2.25 bits per heavy atom. The first-order valence-electron chi connectivity index (χ1n) is 6.87. The van der Waals surface area contributed by atoms with Crippen LogP contribution in [0.1, 0.15) is 28.5 Å². The van der Waals surface area contributed by atoms with Gasteiger partial charge < -0.3 is 10.6 Å². The van der Waals surface area contributed by atoms with E-state index >= 15 is 0 Å². The van der Waals surface area contributed by atoms with E-state index in [9.17, 15) is 4.79 Å². The maximum absolute atomic E-state index is 12.7. The van der Waals surface area contributed by atoms with E-state index < -0.39 is 6.04 Å². The lowest BCUT2D eigenvalue weighted by Crippen LogP contribution is -2.41. The van der Waals surface area contributed by atoms with E-state index in [1.165, 1.54) is 22.5 Å². The van der Waals surface area contributed by atoms with Crippen LogP contribution in [0, 0.1) is 6.92 Å². The van der Waals surface area contributed by atoms with Gasteiger partial charge in [-0.3, -0.25) is 4.79 Å². The highest BCUT2D eigenvalue weighted by Gasteiger charge is 2.27. The molecule has 0 radical (unpaired) electrons. The molecule has 0 fully saturated rings. The Bertz CT molecular complexity index is 621. The third kappa shape index (κ3) is 2.37. The van der Waals surface area contributed by atoms with Gasteiger partial charge in [0.15, 0.2) is 0 Å². The number of amides is 1. The van der Waals surface area contributed by atoms with Gasteiger partial charge in [-0.05, 0) is 42.8 Å².